The minimum absolute atomic E-state index is 0.226. The summed E-state index contributed by atoms with van der Waals surface area (Å²) in [6, 6.07) is 10.1. The van der Waals surface area contributed by atoms with E-state index in [1.807, 2.05) is 37.2 Å². The van der Waals surface area contributed by atoms with E-state index in [0.29, 0.717) is 24.8 Å². The summed E-state index contributed by atoms with van der Waals surface area (Å²) < 4.78 is 32.6. The van der Waals surface area contributed by atoms with Gasteiger partial charge in [-0.25, -0.2) is 8.42 Å². The summed E-state index contributed by atoms with van der Waals surface area (Å²) in [6.45, 7) is 0.325. The van der Waals surface area contributed by atoms with E-state index in [-0.39, 0.29) is 4.90 Å². The van der Waals surface area contributed by atoms with Crippen molar-refractivity contribution in [3.05, 3.63) is 36.4 Å². The lowest BCUT2D eigenvalue weighted by Gasteiger charge is -2.23. The first kappa shape index (κ1) is 17.7. The third kappa shape index (κ3) is 2.98. The molecular weight excluding hydrogens is 340 g/mol. The van der Waals surface area contributed by atoms with Gasteiger partial charge in [-0.05, 0) is 25.0 Å². The Morgan fingerprint density at radius 1 is 1.16 bits per heavy atom. The Balaban J connectivity index is 2.15. The molecule has 0 saturated carbocycles. The van der Waals surface area contributed by atoms with Gasteiger partial charge < -0.3 is 9.64 Å². The quantitative estimate of drug-likeness (QED) is 0.781. The number of carbonyl (C=O) groups is 1. The highest BCUT2D eigenvalue weighted by atomic mass is 32.2. The highest BCUT2D eigenvalue weighted by Gasteiger charge is 2.40. The molecule has 134 valence electrons. The Hall–Kier alpha value is -2.12. The van der Waals surface area contributed by atoms with Gasteiger partial charge in [-0.1, -0.05) is 24.3 Å². The molecule has 0 N–H and O–H groups in total. The molecule has 1 atom stereocenters. The number of methoxy groups -OCH3 is 1. The summed E-state index contributed by atoms with van der Waals surface area (Å²) in [5, 5.41) is 1.52. The summed E-state index contributed by atoms with van der Waals surface area (Å²) in [7, 11) is 1.33. The fourth-order valence-electron chi connectivity index (χ4n) is 3.41. The van der Waals surface area contributed by atoms with Gasteiger partial charge in [-0.15, -0.1) is 0 Å². The highest BCUT2D eigenvalue weighted by Crippen LogP contribution is 2.34. The largest absolute Gasteiger partial charge is 0.468 e. The fraction of sp³-hybridized carbons (Fsp3) is 0.389. The van der Waals surface area contributed by atoms with E-state index in [1.54, 1.807) is 18.2 Å². The minimum Gasteiger partial charge on any atom is -0.468 e. The topological polar surface area (TPSA) is 66.9 Å². The Bertz CT molecular complexity index is 908. The lowest BCUT2D eigenvalue weighted by molar-refractivity contribution is -0.144. The average Bonchev–Trinajstić information content (AvgIpc) is 3.10. The van der Waals surface area contributed by atoms with E-state index in [4.69, 9.17) is 4.74 Å². The Morgan fingerprint density at radius 2 is 1.84 bits per heavy atom. The molecule has 0 aliphatic carbocycles. The van der Waals surface area contributed by atoms with Gasteiger partial charge in [-0.3, -0.25) is 4.79 Å². The number of esters is 1. The molecule has 6 nitrogen and oxygen atoms in total. The number of benzene rings is 2. The summed E-state index contributed by atoms with van der Waals surface area (Å²) in [5.41, 5.74) is 0.945. The number of nitrogens with zero attached hydrogens (tertiary/aromatic N) is 2. The van der Waals surface area contributed by atoms with Crippen LogP contribution in [0.15, 0.2) is 41.3 Å². The van der Waals surface area contributed by atoms with Gasteiger partial charge in [0.15, 0.2) is 0 Å². The number of sulfonamides is 1. The van der Waals surface area contributed by atoms with Crippen LogP contribution in [0.25, 0.3) is 10.8 Å². The second-order valence-electron chi connectivity index (χ2n) is 6.32. The van der Waals surface area contributed by atoms with Crippen molar-refractivity contribution in [1.82, 2.24) is 4.31 Å². The van der Waals surface area contributed by atoms with Gasteiger partial charge in [0.1, 0.15) is 6.04 Å². The number of hydrogen-bond donors (Lipinski definition) is 0. The molecule has 0 spiro atoms. The summed E-state index contributed by atoms with van der Waals surface area (Å²) >= 11 is 0. The number of rotatable bonds is 4. The molecule has 2 aromatic carbocycles. The van der Waals surface area contributed by atoms with E-state index < -0.39 is 22.0 Å². The molecule has 0 unspecified atom stereocenters. The third-order valence-electron chi connectivity index (χ3n) is 4.60. The third-order valence-corrected chi connectivity index (χ3v) is 6.57. The van der Waals surface area contributed by atoms with Crippen molar-refractivity contribution in [1.29, 1.82) is 0 Å². The van der Waals surface area contributed by atoms with Crippen LogP contribution in [-0.4, -0.2) is 52.5 Å². The van der Waals surface area contributed by atoms with Crippen LogP contribution >= 0.6 is 0 Å². The molecule has 0 aromatic heterocycles. The maximum Gasteiger partial charge on any atom is 0.324 e. The van der Waals surface area contributed by atoms with Crippen LogP contribution in [0.1, 0.15) is 12.8 Å². The predicted molar refractivity (Wildman–Crippen MR) is 97.2 cm³/mol. The van der Waals surface area contributed by atoms with Crippen molar-refractivity contribution < 1.29 is 17.9 Å². The number of hydrogen-bond acceptors (Lipinski definition) is 5. The molecule has 0 radical (unpaired) electrons. The summed E-state index contributed by atoms with van der Waals surface area (Å²) in [4.78, 5) is 14.2. The van der Waals surface area contributed by atoms with E-state index in [1.165, 1.54) is 11.4 Å². The smallest absolute Gasteiger partial charge is 0.324 e. The fourth-order valence-corrected chi connectivity index (χ4v) is 5.26. The molecule has 25 heavy (non-hydrogen) atoms. The van der Waals surface area contributed by atoms with Crippen LogP contribution in [0.2, 0.25) is 0 Å². The van der Waals surface area contributed by atoms with Crippen molar-refractivity contribution in [3.8, 4) is 0 Å². The van der Waals surface area contributed by atoms with Gasteiger partial charge in [0, 0.05) is 37.1 Å². The van der Waals surface area contributed by atoms with Gasteiger partial charge >= 0.3 is 5.97 Å². The zero-order valence-corrected chi connectivity index (χ0v) is 15.4. The number of ether oxygens (including phenoxy) is 1. The van der Waals surface area contributed by atoms with Gasteiger partial charge in [-0.2, -0.15) is 4.31 Å². The molecule has 1 aliphatic rings. The predicted octanol–water partition coefficient (Wildman–Crippen LogP) is 2.23. The SMILES string of the molecule is COC(=O)[C@@H]1CCCN1S(=O)(=O)c1cccc2c(N(C)C)cccc12. The first-order valence-electron chi connectivity index (χ1n) is 8.16. The normalized spacial score (nSPS) is 18.4. The van der Waals surface area contributed by atoms with E-state index in [2.05, 4.69) is 0 Å². The van der Waals surface area contributed by atoms with Crippen molar-refractivity contribution in [2.45, 2.75) is 23.8 Å². The van der Waals surface area contributed by atoms with E-state index >= 15 is 0 Å². The van der Waals surface area contributed by atoms with Gasteiger partial charge in [0.2, 0.25) is 10.0 Å². The molecule has 0 bridgehead atoms. The lowest BCUT2D eigenvalue weighted by Crippen LogP contribution is -2.41. The summed E-state index contributed by atoms with van der Waals surface area (Å²) in [6.07, 6.45) is 1.13. The Kier molecular flexibility index (Phi) is 4.71. The maximum absolute atomic E-state index is 13.3. The molecule has 1 saturated heterocycles. The average molecular weight is 362 g/mol. The first-order valence-corrected chi connectivity index (χ1v) is 9.60. The lowest BCUT2D eigenvalue weighted by atomic mass is 10.1. The molecule has 0 amide bonds. The van der Waals surface area contributed by atoms with Crippen molar-refractivity contribution in [2.24, 2.45) is 0 Å². The molecule has 3 rings (SSSR count). The van der Waals surface area contributed by atoms with Crippen LogP contribution < -0.4 is 4.90 Å². The van der Waals surface area contributed by atoms with Crippen LogP contribution in [0.5, 0.6) is 0 Å². The summed E-state index contributed by atoms with van der Waals surface area (Å²) in [5.74, 6) is -0.504. The van der Waals surface area contributed by atoms with Gasteiger partial charge in [0.05, 0.1) is 12.0 Å². The minimum atomic E-state index is -3.80. The van der Waals surface area contributed by atoms with Crippen molar-refractivity contribution in [2.75, 3.05) is 32.6 Å². The molecule has 7 heteroatoms. The molecular formula is C18H22N2O4S. The number of anilines is 1. The Labute approximate surface area is 148 Å². The molecule has 1 fully saturated rings. The second kappa shape index (κ2) is 6.65. The van der Waals surface area contributed by atoms with E-state index in [9.17, 15) is 13.2 Å². The van der Waals surface area contributed by atoms with Crippen LogP contribution in [0.3, 0.4) is 0 Å². The number of fused-ring (bicyclic) bond motifs is 1. The number of carbonyl (C=O) groups excluding carboxylic acids is 1. The molecule has 1 heterocycles. The standard InChI is InChI=1S/C18H22N2O4S/c1-19(2)15-9-4-8-14-13(15)7-5-11-17(14)25(22,23)20-12-6-10-16(20)18(21)24-3/h4-5,7-9,11,16H,6,10,12H2,1-3H3/t16-/m0/s1. The molecule has 2 aromatic rings. The Morgan fingerprint density at radius 3 is 2.52 bits per heavy atom. The first-order chi connectivity index (χ1) is 11.9. The van der Waals surface area contributed by atoms with Crippen LogP contribution in [-0.2, 0) is 19.6 Å². The second-order valence-corrected chi connectivity index (χ2v) is 8.18. The van der Waals surface area contributed by atoms with Crippen molar-refractivity contribution in [3.63, 3.8) is 0 Å². The van der Waals surface area contributed by atoms with E-state index in [0.717, 1.165) is 11.1 Å². The monoisotopic (exact) mass is 362 g/mol. The highest BCUT2D eigenvalue weighted by molar-refractivity contribution is 7.89. The molecule has 1 aliphatic heterocycles. The van der Waals surface area contributed by atoms with Crippen molar-refractivity contribution >= 4 is 32.5 Å². The zero-order chi connectivity index (χ0) is 18.2. The maximum atomic E-state index is 13.3. The van der Waals surface area contributed by atoms with Gasteiger partial charge in [0.25, 0.3) is 0 Å². The van der Waals surface area contributed by atoms with Crippen LogP contribution in [0, 0.1) is 0 Å². The van der Waals surface area contributed by atoms with Crippen LogP contribution in [0.4, 0.5) is 5.69 Å². The zero-order valence-electron chi connectivity index (χ0n) is 14.6.